The lowest BCUT2D eigenvalue weighted by atomic mass is 10.2. The van der Waals surface area contributed by atoms with Crippen molar-refractivity contribution >= 4 is 35.6 Å². The quantitative estimate of drug-likeness (QED) is 0.353. The van der Waals surface area contributed by atoms with Crippen molar-refractivity contribution < 1.29 is 9.67 Å². The number of benzene rings is 1. The number of para-hydroxylation sites is 1. The summed E-state index contributed by atoms with van der Waals surface area (Å²) in [7, 11) is 1.98. The van der Waals surface area contributed by atoms with Gasteiger partial charge in [0.15, 0.2) is 11.9 Å². The Bertz CT molecular complexity index is 541. The molecule has 0 saturated heterocycles. The molecular formula is C15H17IN2O. The number of aryl methyl sites for hydroxylation is 2. The third-order valence-corrected chi connectivity index (χ3v) is 2.77. The molecule has 0 N–H and O–H groups in total. The Morgan fingerprint density at radius 3 is 2.47 bits per heavy atom. The molecule has 0 unspecified atom stereocenters. The van der Waals surface area contributed by atoms with Crippen LogP contribution in [0.5, 0.6) is 0 Å². The lowest BCUT2D eigenvalue weighted by molar-refractivity contribution is -0.679. The predicted molar refractivity (Wildman–Crippen MR) is 84.9 cm³/mol. The van der Waals surface area contributed by atoms with Crippen molar-refractivity contribution in [3.8, 4) is 0 Å². The van der Waals surface area contributed by atoms with Crippen molar-refractivity contribution in [2.45, 2.75) is 12.8 Å². The molecule has 2 aromatic rings. The van der Waals surface area contributed by atoms with Gasteiger partial charge in [-0.2, -0.15) is 0 Å². The molecule has 0 spiro atoms. The second-order valence-electron chi connectivity index (χ2n) is 4.14. The van der Waals surface area contributed by atoms with E-state index in [0.717, 1.165) is 11.4 Å². The number of hydrogen-bond acceptors (Lipinski definition) is 2. The van der Waals surface area contributed by atoms with E-state index in [0.29, 0.717) is 12.8 Å². The number of halogens is 1. The Morgan fingerprint density at radius 2 is 1.79 bits per heavy atom. The number of pyridine rings is 1. The molecule has 4 heteroatoms. The number of rotatable bonds is 4. The molecule has 1 heterocycles. The van der Waals surface area contributed by atoms with Crippen LogP contribution in [-0.4, -0.2) is 5.90 Å². The van der Waals surface area contributed by atoms with Crippen molar-refractivity contribution in [1.29, 1.82) is 0 Å². The topological polar surface area (TPSA) is 39.3 Å². The summed E-state index contributed by atoms with van der Waals surface area (Å²) >= 11 is 0. The van der Waals surface area contributed by atoms with E-state index in [9.17, 15) is 5.11 Å². The lowest BCUT2D eigenvalue weighted by Crippen LogP contribution is -2.33. The zero-order valence-electron chi connectivity index (χ0n) is 10.8. The van der Waals surface area contributed by atoms with Crippen LogP contribution in [0.3, 0.4) is 0 Å². The van der Waals surface area contributed by atoms with E-state index in [1.54, 1.807) is 0 Å². The Kier molecular flexibility index (Phi) is 6.49. The first kappa shape index (κ1) is 15.6. The molecule has 0 aliphatic heterocycles. The third-order valence-electron chi connectivity index (χ3n) is 2.77. The van der Waals surface area contributed by atoms with E-state index >= 15 is 0 Å². The van der Waals surface area contributed by atoms with Crippen LogP contribution in [0.15, 0.2) is 59.7 Å². The fourth-order valence-electron chi connectivity index (χ4n) is 1.76. The average Bonchev–Trinajstić information content (AvgIpc) is 2.39. The highest BCUT2D eigenvalue weighted by Gasteiger charge is 2.03. The summed E-state index contributed by atoms with van der Waals surface area (Å²) in [5.74, 6) is -0.0787. The average molecular weight is 368 g/mol. The molecule has 100 valence electrons. The maximum Gasteiger partial charge on any atom is 0.181 e. The fraction of sp³-hybridized carbons (Fsp3) is 0.200. The minimum atomic E-state index is -0.0787. The van der Waals surface area contributed by atoms with Gasteiger partial charge in [0.1, 0.15) is 7.05 Å². The van der Waals surface area contributed by atoms with Gasteiger partial charge in [-0.3, -0.25) is 4.99 Å². The van der Waals surface area contributed by atoms with Crippen molar-refractivity contribution in [2.75, 3.05) is 0 Å². The van der Waals surface area contributed by atoms with E-state index in [4.69, 9.17) is 0 Å². The van der Waals surface area contributed by atoms with Gasteiger partial charge < -0.3 is 5.11 Å². The molecule has 1 aromatic carbocycles. The monoisotopic (exact) mass is 368 g/mol. The van der Waals surface area contributed by atoms with Crippen LogP contribution in [0.2, 0.25) is 0 Å². The van der Waals surface area contributed by atoms with E-state index < -0.39 is 0 Å². The summed E-state index contributed by atoms with van der Waals surface area (Å²) < 4.78 is 2.02. The molecule has 0 radical (unpaired) electrons. The minimum Gasteiger partial charge on any atom is -0.862 e. The zero-order valence-corrected chi connectivity index (χ0v) is 13.2. The van der Waals surface area contributed by atoms with E-state index in [2.05, 4.69) is 4.99 Å². The third kappa shape index (κ3) is 4.98. The summed E-state index contributed by atoms with van der Waals surface area (Å²) in [6.07, 6.45) is 3.13. The second-order valence-corrected chi connectivity index (χ2v) is 4.14. The first-order valence-corrected chi connectivity index (χ1v) is 5.99. The summed E-state index contributed by atoms with van der Waals surface area (Å²) in [6.45, 7) is 0. The molecule has 0 bridgehead atoms. The molecule has 2 rings (SSSR count). The smallest absolute Gasteiger partial charge is 0.181 e. The lowest BCUT2D eigenvalue weighted by Gasteiger charge is -2.09. The Morgan fingerprint density at radius 1 is 1.11 bits per heavy atom. The Balaban J connectivity index is 0.00000180. The Hall–Kier alpha value is -1.43. The second kappa shape index (κ2) is 7.89. The van der Waals surface area contributed by atoms with Gasteiger partial charge in [-0.15, -0.1) is 24.0 Å². The molecule has 0 fully saturated rings. The standard InChI is InChI=1S/C15H16N2O.HI/c1-17-12-6-5-9-14(17)10-11-15(18)16-13-7-3-2-4-8-13;/h2-9,12H,10-11H2,1H3;1H. The highest BCUT2D eigenvalue weighted by Crippen LogP contribution is 2.10. The van der Waals surface area contributed by atoms with Gasteiger partial charge in [0.05, 0.1) is 5.69 Å². The SMILES string of the molecule is C[n+]1ccccc1CCC([O-])=Nc1ccccc1.I. The van der Waals surface area contributed by atoms with Gasteiger partial charge in [-0.05, 0) is 24.5 Å². The summed E-state index contributed by atoms with van der Waals surface area (Å²) in [5, 5.41) is 11.7. The van der Waals surface area contributed by atoms with Crippen LogP contribution < -0.4 is 9.67 Å². The number of aromatic nitrogens is 1. The van der Waals surface area contributed by atoms with Gasteiger partial charge in [0.25, 0.3) is 0 Å². The van der Waals surface area contributed by atoms with E-state index in [1.165, 1.54) is 0 Å². The fourth-order valence-corrected chi connectivity index (χ4v) is 1.76. The maximum atomic E-state index is 11.7. The number of nitrogens with zero attached hydrogens (tertiary/aromatic N) is 2. The highest BCUT2D eigenvalue weighted by atomic mass is 127. The van der Waals surface area contributed by atoms with Crippen LogP contribution in [0.1, 0.15) is 12.1 Å². The van der Waals surface area contributed by atoms with E-state index in [-0.39, 0.29) is 29.9 Å². The van der Waals surface area contributed by atoms with Crippen molar-refractivity contribution in [3.63, 3.8) is 0 Å². The van der Waals surface area contributed by atoms with Crippen LogP contribution in [0.4, 0.5) is 5.69 Å². The molecule has 19 heavy (non-hydrogen) atoms. The summed E-state index contributed by atoms with van der Waals surface area (Å²) in [5.41, 5.74) is 1.86. The van der Waals surface area contributed by atoms with Gasteiger partial charge >= 0.3 is 0 Å². The van der Waals surface area contributed by atoms with Crippen LogP contribution in [0, 0.1) is 0 Å². The van der Waals surface area contributed by atoms with Crippen molar-refractivity contribution in [2.24, 2.45) is 12.0 Å². The van der Waals surface area contributed by atoms with Crippen LogP contribution in [-0.2, 0) is 13.5 Å². The van der Waals surface area contributed by atoms with Gasteiger partial charge in [-0.25, -0.2) is 4.57 Å². The van der Waals surface area contributed by atoms with Crippen LogP contribution >= 0.6 is 24.0 Å². The summed E-state index contributed by atoms with van der Waals surface area (Å²) in [6, 6.07) is 15.3. The number of hydrogen-bond donors (Lipinski definition) is 0. The van der Waals surface area contributed by atoms with Crippen molar-refractivity contribution in [1.82, 2.24) is 0 Å². The van der Waals surface area contributed by atoms with Crippen molar-refractivity contribution in [3.05, 3.63) is 60.4 Å². The number of aliphatic imine (C=N–C) groups is 1. The molecule has 0 aliphatic carbocycles. The largest absolute Gasteiger partial charge is 0.862 e. The van der Waals surface area contributed by atoms with Crippen LogP contribution in [0.25, 0.3) is 0 Å². The molecular weight excluding hydrogens is 351 g/mol. The first-order valence-electron chi connectivity index (χ1n) is 5.99. The maximum absolute atomic E-state index is 11.7. The summed E-state index contributed by atoms with van der Waals surface area (Å²) in [4.78, 5) is 4.06. The van der Waals surface area contributed by atoms with Gasteiger partial charge in [0, 0.05) is 18.6 Å². The Labute approximate surface area is 130 Å². The van der Waals surface area contributed by atoms with E-state index in [1.807, 2.05) is 66.3 Å². The van der Waals surface area contributed by atoms with Gasteiger partial charge in [0.2, 0.25) is 0 Å². The first-order chi connectivity index (χ1) is 8.75. The zero-order chi connectivity index (χ0) is 12.8. The molecule has 0 saturated carbocycles. The normalized spacial score (nSPS) is 10.9. The molecule has 1 aromatic heterocycles. The molecule has 3 nitrogen and oxygen atoms in total. The molecule has 0 atom stereocenters. The minimum absolute atomic E-state index is 0. The highest BCUT2D eigenvalue weighted by molar-refractivity contribution is 14.0. The van der Waals surface area contributed by atoms with Gasteiger partial charge in [-0.1, -0.05) is 24.3 Å². The predicted octanol–water partition coefficient (Wildman–Crippen LogP) is 2.15. The molecule has 0 amide bonds. The molecule has 0 aliphatic rings.